The highest BCUT2D eigenvalue weighted by molar-refractivity contribution is 5.83. The lowest BCUT2D eigenvalue weighted by Crippen LogP contribution is -2.62. The van der Waals surface area contributed by atoms with Gasteiger partial charge in [-0.2, -0.15) is 0 Å². The molecule has 12 heavy (non-hydrogen) atoms. The van der Waals surface area contributed by atoms with E-state index in [0.717, 1.165) is 0 Å². The molecule has 0 radical (unpaired) electrons. The molecule has 0 aromatic carbocycles. The number of carbonyl (C=O) groups excluding carboxylic acids is 2. The molecule has 0 aliphatic heterocycles. The third kappa shape index (κ3) is 3.31. The minimum Gasteiger partial charge on any atom is -0.548 e. The van der Waals surface area contributed by atoms with Crippen LogP contribution in [0.15, 0.2) is 0 Å². The van der Waals surface area contributed by atoms with Gasteiger partial charge in [0.25, 0.3) is 5.91 Å². The maximum atomic E-state index is 10.7. The Bertz CT molecular complexity index is 180. The SMILES string of the molecule is C[C@H](O)[C@H](NC(=O)C[NH3+])C(=O)[O-]. The van der Waals surface area contributed by atoms with Crippen molar-refractivity contribution in [3.8, 4) is 0 Å². The molecule has 0 aliphatic rings. The van der Waals surface area contributed by atoms with E-state index in [1.807, 2.05) is 0 Å². The number of aliphatic carboxylic acids is 1. The topological polar surface area (TPSA) is 117 Å². The first kappa shape index (κ1) is 10.9. The average molecular weight is 176 g/mol. The van der Waals surface area contributed by atoms with Gasteiger partial charge < -0.3 is 26.1 Å². The van der Waals surface area contributed by atoms with Crippen molar-refractivity contribution in [2.24, 2.45) is 0 Å². The molecule has 0 bridgehead atoms. The van der Waals surface area contributed by atoms with Crippen LogP contribution in [-0.2, 0) is 9.59 Å². The Labute approximate surface area is 69.4 Å². The molecular formula is C6H12N2O4. The molecule has 0 aromatic heterocycles. The van der Waals surface area contributed by atoms with Gasteiger partial charge in [-0.15, -0.1) is 0 Å². The largest absolute Gasteiger partial charge is 0.548 e. The quantitative estimate of drug-likeness (QED) is 0.403. The highest BCUT2D eigenvalue weighted by atomic mass is 16.4. The molecular weight excluding hydrogens is 164 g/mol. The fourth-order valence-corrected chi connectivity index (χ4v) is 0.622. The summed E-state index contributed by atoms with van der Waals surface area (Å²) >= 11 is 0. The van der Waals surface area contributed by atoms with Gasteiger partial charge >= 0.3 is 0 Å². The highest BCUT2D eigenvalue weighted by Crippen LogP contribution is 1.89. The van der Waals surface area contributed by atoms with Gasteiger partial charge in [-0.05, 0) is 6.92 Å². The Morgan fingerprint density at radius 2 is 2.17 bits per heavy atom. The molecule has 70 valence electrons. The van der Waals surface area contributed by atoms with Gasteiger partial charge in [-0.25, -0.2) is 0 Å². The van der Waals surface area contributed by atoms with Crippen LogP contribution in [0.5, 0.6) is 0 Å². The summed E-state index contributed by atoms with van der Waals surface area (Å²) in [4.78, 5) is 20.9. The number of rotatable bonds is 4. The lowest BCUT2D eigenvalue weighted by molar-refractivity contribution is -0.355. The average Bonchev–Trinajstić information content (AvgIpc) is 1.98. The number of aliphatic hydroxyl groups excluding tert-OH is 1. The zero-order valence-corrected chi connectivity index (χ0v) is 6.74. The molecule has 6 nitrogen and oxygen atoms in total. The van der Waals surface area contributed by atoms with E-state index in [1.165, 1.54) is 6.92 Å². The summed E-state index contributed by atoms with van der Waals surface area (Å²) < 4.78 is 0. The number of carboxylic acid groups (broad SMARTS) is 1. The zero-order chi connectivity index (χ0) is 9.72. The fourth-order valence-electron chi connectivity index (χ4n) is 0.622. The summed E-state index contributed by atoms with van der Waals surface area (Å²) in [6.07, 6.45) is -1.18. The van der Waals surface area contributed by atoms with Crippen molar-refractivity contribution in [3.05, 3.63) is 0 Å². The number of amides is 1. The van der Waals surface area contributed by atoms with E-state index in [-0.39, 0.29) is 6.54 Å². The van der Waals surface area contributed by atoms with Crippen LogP contribution in [-0.4, -0.2) is 35.7 Å². The van der Waals surface area contributed by atoms with Crippen LogP contribution < -0.4 is 16.2 Å². The van der Waals surface area contributed by atoms with Crippen LogP contribution >= 0.6 is 0 Å². The summed E-state index contributed by atoms with van der Waals surface area (Å²) in [7, 11) is 0. The first-order valence-electron chi connectivity index (χ1n) is 3.46. The first-order valence-corrected chi connectivity index (χ1v) is 3.46. The van der Waals surface area contributed by atoms with Crippen LogP contribution in [0.3, 0.4) is 0 Å². The van der Waals surface area contributed by atoms with Crippen molar-refractivity contribution >= 4 is 11.9 Å². The summed E-state index contributed by atoms with van der Waals surface area (Å²) in [6.45, 7) is 1.18. The van der Waals surface area contributed by atoms with Crippen molar-refractivity contribution in [1.82, 2.24) is 5.32 Å². The Balaban J connectivity index is 4.14. The van der Waals surface area contributed by atoms with Crippen molar-refractivity contribution in [3.63, 3.8) is 0 Å². The molecule has 0 fully saturated rings. The molecule has 0 rings (SSSR count). The number of quaternary nitrogens is 1. The zero-order valence-electron chi connectivity index (χ0n) is 6.74. The van der Waals surface area contributed by atoms with Crippen LogP contribution in [0, 0.1) is 0 Å². The van der Waals surface area contributed by atoms with Gasteiger partial charge in [0, 0.05) is 0 Å². The minimum atomic E-state index is -1.51. The van der Waals surface area contributed by atoms with Crippen LogP contribution in [0.2, 0.25) is 0 Å². The molecule has 0 aliphatic carbocycles. The second-order valence-corrected chi connectivity index (χ2v) is 2.35. The molecule has 0 saturated heterocycles. The predicted octanol–water partition coefficient (Wildman–Crippen LogP) is -4.16. The Morgan fingerprint density at radius 3 is 2.42 bits per heavy atom. The molecule has 1 amide bonds. The fraction of sp³-hybridized carbons (Fsp3) is 0.667. The number of hydrogen-bond donors (Lipinski definition) is 3. The normalized spacial score (nSPS) is 14.9. The van der Waals surface area contributed by atoms with E-state index in [0.29, 0.717) is 0 Å². The number of aliphatic hydroxyl groups is 1. The van der Waals surface area contributed by atoms with E-state index < -0.39 is 24.0 Å². The van der Waals surface area contributed by atoms with Crippen LogP contribution in [0.1, 0.15) is 6.92 Å². The van der Waals surface area contributed by atoms with E-state index in [9.17, 15) is 14.7 Å². The maximum absolute atomic E-state index is 10.7. The molecule has 0 saturated carbocycles. The molecule has 0 heterocycles. The summed E-state index contributed by atoms with van der Waals surface area (Å²) in [5, 5.41) is 21.2. The second-order valence-electron chi connectivity index (χ2n) is 2.35. The number of carboxylic acids is 1. The van der Waals surface area contributed by atoms with Gasteiger partial charge in [-0.1, -0.05) is 0 Å². The molecule has 5 N–H and O–H groups in total. The van der Waals surface area contributed by atoms with E-state index in [1.54, 1.807) is 0 Å². The molecule has 6 heteroatoms. The standard InChI is InChI=1S/C6H12N2O4/c1-3(9)5(6(11)12)8-4(10)2-7/h3,5,9H,2,7H2,1H3,(H,8,10)(H,11,12)/t3-,5-/m0/s1. The van der Waals surface area contributed by atoms with Crippen LogP contribution in [0.4, 0.5) is 0 Å². The summed E-state index contributed by atoms with van der Waals surface area (Å²) in [6, 6.07) is -1.36. The van der Waals surface area contributed by atoms with Gasteiger partial charge in [0.05, 0.1) is 18.1 Å². The van der Waals surface area contributed by atoms with Crippen molar-refractivity contribution in [2.45, 2.75) is 19.1 Å². The van der Waals surface area contributed by atoms with E-state index in [4.69, 9.17) is 5.11 Å². The van der Waals surface area contributed by atoms with Gasteiger partial charge in [0.2, 0.25) is 0 Å². The Morgan fingerprint density at radius 1 is 1.67 bits per heavy atom. The third-order valence-electron chi connectivity index (χ3n) is 1.28. The van der Waals surface area contributed by atoms with E-state index >= 15 is 0 Å². The molecule has 0 unspecified atom stereocenters. The molecule has 2 atom stereocenters. The van der Waals surface area contributed by atoms with Gasteiger partial charge in [0.1, 0.15) is 0 Å². The lowest BCUT2D eigenvalue weighted by Gasteiger charge is -2.21. The summed E-state index contributed by atoms with van der Waals surface area (Å²) in [5.74, 6) is -2.04. The van der Waals surface area contributed by atoms with Crippen molar-refractivity contribution in [1.29, 1.82) is 0 Å². The first-order chi connectivity index (χ1) is 5.49. The number of hydrogen-bond acceptors (Lipinski definition) is 4. The van der Waals surface area contributed by atoms with Gasteiger partial charge in [-0.3, -0.25) is 4.79 Å². The monoisotopic (exact) mass is 176 g/mol. The lowest BCUT2D eigenvalue weighted by atomic mass is 10.2. The van der Waals surface area contributed by atoms with Crippen molar-refractivity contribution < 1.29 is 25.5 Å². The summed E-state index contributed by atoms with van der Waals surface area (Å²) in [5.41, 5.74) is 3.25. The maximum Gasteiger partial charge on any atom is 0.275 e. The molecule has 0 spiro atoms. The number of carbonyl (C=O) groups is 2. The smallest absolute Gasteiger partial charge is 0.275 e. The van der Waals surface area contributed by atoms with Crippen LogP contribution in [0.25, 0.3) is 0 Å². The Hall–Kier alpha value is -1.14. The number of nitrogens with one attached hydrogen (secondary N) is 1. The minimum absolute atomic E-state index is 0.0729. The highest BCUT2D eigenvalue weighted by Gasteiger charge is 2.18. The third-order valence-corrected chi connectivity index (χ3v) is 1.28. The second kappa shape index (κ2) is 4.68. The predicted molar refractivity (Wildman–Crippen MR) is 36.4 cm³/mol. The van der Waals surface area contributed by atoms with Crippen molar-refractivity contribution in [2.75, 3.05) is 6.54 Å². The molecule has 0 aromatic rings. The van der Waals surface area contributed by atoms with E-state index in [2.05, 4.69) is 11.1 Å². The Kier molecular flexibility index (Phi) is 4.24. The van der Waals surface area contributed by atoms with Gasteiger partial charge in [0.15, 0.2) is 6.54 Å².